The summed E-state index contributed by atoms with van der Waals surface area (Å²) in [5.41, 5.74) is -0.289. The topological polar surface area (TPSA) is 74.5 Å². The van der Waals surface area contributed by atoms with E-state index in [2.05, 4.69) is 5.32 Å². The minimum Gasteiger partial charge on any atom is -0.496 e. The van der Waals surface area contributed by atoms with Crippen LogP contribution in [0.3, 0.4) is 0 Å². The summed E-state index contributed by atoms with van der Waals surface area (Å²) in [5, 5.41) is 3.21. The van der Waals surface area contributed by atoms with E-state index in [1.807, 2.05) is 0 Å². The molecule has 2 aromatic heterocycles. The lowest BCUT2D eigenvalue weighted by atomic mass is 10.1. The summed E-state index contributed by atoms with van der Waals surface area (Å²) in [7, 11) is 2.64. The summed E-state index contributed by atoms with van der Waals surface area (Å²) in [5.74, 6) is -2.75. The van der Waals surface area contributed by atoms with Gasteiger partial charge in [-0.2, -0.15) is 4.39 Å². The van der Waals surface area contributed by atoms with Crippen molar-refractivity contribution in [3.05, 3.63) is 80.3 Å². The van der Waals surface area contributed by atoms with Crippen molar-refractivity contribution in [2.24, 2.45) is 0 Å². The fourth-order valence-electron chi connectivity index (χ4n) is 4.73. The summed E-state index contributed by atoms with van der Waals surface area (Å²) in [6.07, 6.45) is 1.16. The Morgan fingerprint density at radius 3 is 2.41 bits per heavy atom. The number of halogens is 3. The number of nitrogens with one attached hydrogen (secondary N) is 1. The van der Waals surface area contributed by atoms with Gasteiger partial charge in [0.15, 0.2) is 11.6 Å². The predicted molar refractivity (Wildman–Crippen MR) is 135 cm³/mol. The molecule has 0 amide bonds. The molecule has 11 heteroatoms. The first-order chi connectivity index (χ1) is 17.8. The third-order valence-electron chi connectivity index (χ3n) is 6.63. The van der Waals surface area contributed by atoms with Crippen LogP contribution in [0, 0.1) is 17.5 Å². The van der Waals surface area contributed by atoms with Crippen LogP contribution in [0.15, 0.2) is 46.0 Å². The second-order valence-electron chi connectivity index (χ2n) is 8.75. The average Bonchev–Trinajstić information content (AvgIpc) is 3.35. The van der Waals surface area contributed by atoms with Gasteiger partial charge in [0.2, 0.25) is 5.82 Å². The summed E-state index contributed by atoms with van der Waals surface area (Å²) >= 11 is 1.14. The highest BCUT2D eigenvalue weighted by molar-refractivity contribution is 7.22. The van der Waals surface area contributed by atoms with Crippen molar-refractivity contribution in [3.63, 3.8) is 0 Å². The Morgan fingerprint density at radius 2 is 1.70 bits per heavy atom. The Balaban J connectivity index is 1.75. The van der Waals surface area contributed by atoms with Crippen LogP contribution in [-0.2, 0) is 6.54 Å². The van der Waals surface area contributed by atoms with Gasteiger partial charge in [-0.1, -0.05) is 6.07 Å². The number of methoxy groups -OCH3 is 2. The molecule has 7 nitrogen and oxygen atoms in total. The third-order valence-corrected chi connectivity index (χ3v) is 7.78. The fraction of sp³-hybridized carbons (Fsp3) is 0.308. The molecule has 0 spiro atoms. The van der Waals surface area contributed by atoms with Crippen LogP contribution in [0.2, 0.25) is 0 Å². The normalized spacial score (nSPS) is 14.3. The van der Waals surface area contributed by atoms with E-state index in [0.717, 1.165) is 11.3 Å². The van der Waals surface area contributed by atoms with Crippen LogP contribution in [0.1, 0.15) is 24.4 Å². The van der Waals surface area contributed by atoms with Crippen molar-refractivity contribution < 1.29 is 22.6 Å². The number of thiophene rings is 1. The molecule has 0 aliphatic carbocycles. The van der Waals surface area contributed by atoms with Crippen molar-refractivity contribution >= 4 is 21.6 Å². The lowest BCUT2D eigenvalue weighted by Crippen LogP contribution is -2.45. The lowest BCUT2D eigenvalue weighted by Gasteiger charge is -2.25. The molecular weight excluding hydrogens is 507 g/mol. The molecule has 0 unspecified atom stereocenters. The first kappa shape index (κ1) is 25.1. The quantitative estimate of drug-likeness (QED) is 0.402. The van der Waals surface area contributed by atoms with E-state index in [-0.39, 0.29) is 39.9 Å². The van der Waals surface area contributed by atoms with Crippen LogP contribution in [-0.4, -0.2) is 36.4 Å². The number of piperidine rings is 1. The predicted octanol–water partition coefficient (Wildman–Crippen LogP) is 4.30. The Hall–Kier alpha value is -3.57. The Morgan fingerprint density at radius 1 is 0.973 bits per heavy atom. The zero-order chi connectivity index (χ0) is 26.3. The molecule has 1 saturated heterocycles. The summed E-state index contributed by atoms with van der Waals surface area (Å²) < 4.78 is 56.2. The number of ether oxygens (including phenoxy) is 2. The van der Waals surface area contributed by atoms with Crippen molar-refractivity contribution in [2.75, 3.05) is 27.3 Å². The Labute approximate surface area is 213 Å². The standard InChI is InChI=1S/C26H24F3N3O4S/c1-35-19-6-3-14(22(28)23(19)29)13-31-18-12-21(17-5-4-15(27)11-20(17)36-2)37-24(18)25(33)32(26(31)34)16-7-9-30-10-8-16/h3-6,11-12,16,30H,7-10,13H2,1-2H3. The number of rotatable bonds is 6. The number of fused-ring (bicyclic) bond motifs is 1. The molecule has 0 atom stereocenters. The smallest absolute Gasteiger partial charge is 0.332 e. The van der Waals surface area contributed by atoms with E-state index in [4.69, 9.17) is 9.47 Å². The molecule has 0 bridgehead atoms. The zero-order valence-corrected chi connectivity index (χ0v) is 21.0. The van der Waals surface area contributed by atoms with Gasteiger partial charge in [-0.15, -0.1) is 11.3 Å². The van der Waals surface area contributed by atoms with Crippen LogP contribution in [0.5, 0.6) is 11.5 Å². The number of hydrogen-bond donors (Lipinski definition) is 1. The summed E-state index contributed by atoms with van der Waals surface area (Å²) in [6.45, 7) is 0.995. The average molecular weight is 532 g/mol. The van der Waals surface area contributed by atoms with Crippen molar-refractivity contribution in [1.29, 1.82) is 0 Å². The highest BCUT2D eigenvalue weighted by atomic mass is 32.1. The zero-order valence-electron chi connectivity index (χ0n) is 20.1. The first-order valence-electron chi connectivity index (χ1n) is 11.7. The van der Waals surface area contributed by atoms with Crippen molar-refractivity contribution in [3.8, 4) is 21.9 Å². The maximum atomic E-state index is 14.9. The molecule has 0 radical (unpaired) electrons. The number of benzene rings is 2. The molecule has 5 rings (SSSR count). The highest BCUT2D eigenvalue weighted by Gasteiger charge is 2.25. The molecule has 194 valence electrons. The molecule has 1 aliphatic heterocycles. The molecule has 4 aromatic rings. The van der Waals surface area contributed by atoms with E-state index in [1.54, 1.807) is 6.07 Å². The van der Waals surface area contributed by atoms with Gasteiger partial charge in [0.25, 0.3) is 5.56 Å². The van der Waals surface area contributed by atoms with E-state index in [0.29, 0.717) is 36.4 Å². The maximum absolute atomic E-state index is 14.9. The third kappa shape index (κ3) is 4.42. The number of aromatic nitrogens is 2. The van der Waals surface area contributed by atoms with Gasteiger partial charge in [0.1, 0.15) is 16.3 Å². The molecule has 3 heterocycles. The van der Waals surface area contributed by atoms with Crippen molar-refractivity contribution in [1.82, 2.24) is 14.5 Å². The number of nitrogens with zero attached hydrogens (tertiary/aromatic N) is 2. The van der Waals surface area contributed by atoms with Crippen LogP contribution < -0.4 is 26.0 Å². The minimum absolute atomic E-state index is 0.0654. The fourth-order valence-corrected chi connectivity index (χ4v) is 5.86. The molecule has 1 fully saturated rings. The van der Waals surface area contributed by atoms with Crippen molar-refractivity contribution in [2.45, 2.75) is 25.4 Å². The van der Waals surface area contributed by atoms with Crippen LogP contribution in [0.4, 0.5) is 13.2 Å². The molecular formula is C26H24F3N3O4S. The van der Waals surface area contributed by atoms with Gasteiger partial charge >= 0.3 is 5.69 Å². The Kier molecular flexibility index (Phi) is 6.82. The first-order valence-corrected chi connectivity index (χ1v) is 12.5. The van der Waals surface area contributed by atoms with E-state index >= 15 is 0 Å². The largest absolute Gasteiger partial charge is 0.496 e. The second kappa shape index (κ2) is 10.1. The minimum atomic E-state index is -1.15. The maximum Gasteiger partial charge on any atom is 0.332 e. The summed E-state index contributed by atoms with van der Waals surface area (Å²) in [4.78, 5) is 27.9. The second-order valence-corrected chi connectivity index (χ2v) is 9.80. The van der Waals surface area contributed by atoms with E-state index in [1.165, 1.54) is 53.7 Å². The lowest BCUT2D eigenvalue weighted by molar-refractivity contribution is 0.346. The molecule has 2 aromatic carbocycles. The van der Waals surface area contributed by atoms with Gasteiger partial charge in [0, 0.05) is 28.1 Å². The van der Waals surface area contributed by atoms with Gasteiger partial charge in [0.05, 0.1) is 26.3 Å². The number of hydrogen-bond acceptors (Lipinski definition) is 6. The molecule has 1 aliphatic rings. The molecule has 37 heavy (non-hydrogen) atoms. The molecule has 1 N–H and O–H groups in total. The van der Waals surface area contributed by atoms with E-state index < -0.39 is 28.7 Å². The van der Waals surface area contributed by atoms with E-state index in [9.17, 15) is 22.8 Å². The highest BCUT2D eigenvalue weighted by Crippen LogP contribution is 2.38. The van der Waals surface area contributed by atoms with Gasteiger partial charge in [-0.25, -0.2) is 13.6 Å². The van der Waals surface area contributed by atoms with Crippen LogP contribution >= 0.6 is 11.3 Å². The SMILES string of the molecule is COc1cc(F)ccc1-c1cc2c(s1)c(=O)n(C1CCNCC1)c(=O)n2Cc1ccc(OC)c(F)c1F. The van der Waals surface area contributed by atoms with Crippen LogP contribution in [0.25, 0.3) is 20.7 Å². The Bertz CT molecular complexity index is 1610. The monoisotopic (exact) mass is 531 g/mol. The van der Waals surface area contributed by atoms with Gasteiger partial charge < -0.3 is 14.8 Å². The molecule has 0 saturated carbocycles. The summed E-state index contributed by atoms with van der Waals surface area (Å²) in [6, 6.07) is 7.98. The van der Waals surface area contributed by atoms with Gasteiger partial charge in [-0.3, -0.25) is 13.9 Å². The van der Waals surface area contributed by atoms with Gasteiger partial charge in [-0.05, 0) is 50.2 Å².